The molecule has 0 spiro atoms. The molecule has 0 amide bonds. The summed E-state index contributed by atoms with van der Waals surface area (Å²) in [4.78, 5) is 20.4. The van der Waals surface area contributed by atoms with Crippen LogP contribution in [0.2, 0.25) is 0 Å². The van der Waals surface area contributed by atoms with Gasteiger partial charge in [0.25, 0.3) is 0 Å². The van der Waals surface area contributed by atoms with Gasteiger partial charge in [-0.2, -0.15) is 0 Å². The van der Waals surface area contributed by atoms with E-state index in [2.05, 4.69) is 0 Å². The van der Waals surface area contributed by atoms with Crippen LogP contribution in [0.4, 0.5) is 0 Å². The van der Waals surface area contributed by atoms with Gasteiger partial charge in [0.2, 0.25) is 0 Å². The molecule has 0 aliphatic rings. The van der Waals surface area contributed by atoms with Crippen LogP contribution in [0.15, 0.2) is 48.5 Å². The van der Waals surface area contributed by atoms with Crippen molar-refractivity contribution in [3.63, 3.8) is 0 Å². The van der Waals surface area contributed by atoms with Crippen molar-refractivity contribution in [1.29, 1.82) is 0 Å². The topological polar surface area (TPSA) is 80.3 Å². The van der Waals surface area contributed by atoms with Crippen molar-refractivity contribution in [2.24, 2.45) is 0 Å². The summed E-state index contributed by atoms with van der Waals surface area (Å²) in [7, 11) is 0. The Kier molecular flexibility index (Phi) is 8.54. The molecule has 5 heteroatoms. The molecule has 4 nitrogen and oxygen atoms in total. The van der Waals surface area contributed by atoms with Gasteiger partial charge in [-0.3, -0.25) is 0 Å². The number of hydrogen-bond acceptors (Lipinski definition) is 4. The SMILES string of the molecule is Cc1ccc(C(=O)[O-])cc1.Cc1ccc(C(=O)[O-])cc1.[Hg+2]. The maximum atomic E-state index is 10.2. The number of aromatic carboxylic acids is 2. The molecule has 2 rings (SSSR count). The zero-order valence-electron chi connectivity index (χ0n) is 12.0. The average molecular weight is 471 g/mol. The molecule has 21 heavy (non-hydrogen) atoms. The fourth-order valence-electron chi connectivity index (χ4n) is 1.38. The van der Waals surface area contributed by atoms with Gasteiger partial charge in [-0.15, -0.1) is 0 Å². The fourth-order valence-corrected chi connectivity index (χ4v) is 1.38. The molecule has 0 unspecified atom stereocenters. The predicted octanol–water partition coefficient (Wildman–Crippen LogP) is 0.715. The number of aryl methyl sites for hydroxylation is 2. The van der Waals surface area contributed by atoms with Crippen LogP contribution in [0.3, 0.4) is 0 Å². The first-order valence-corrected chi connectivity index (χ1v) is 5.96. The summed E-state index contributed by atoms with van der Waals surface area (Å²) < 4.78 is 0. The summed E-state index contributed by atoms with van der Waals surface area (Å²) in [6.45, 7) is 3.80. The number of hydrogen-bond donors (Lipinski definition) is 0. The number of carboxylic acids is 2. The van der Waals surface area contributed by atoms with Crippen LogP contribution in [0.1, 0.15) is 31.8 Å². The van der Waals surface area contributed by atoms with E-state index in [0.29, 0.717) is 0 Å². The molecule has 104 valence electrons. The Hall–Kier alpha value is -1.68. The Morgan fingerprint density at radius 3 is 1.10 bits per heavy atom. The van der Waals surface area contributed by atoms with E-state index in [4.69, 9.17) is 0 Å². The molecule has 0 saturated heterocycles. The summed E-state index contributed by atoms with van der Waals surface area (Å²) in [5.74, 6) is -2.25. The van der Waals surface area contributed by atoms with Crippen molar-refractivity contribution < 1.29 is 47.5 Å². The Balaban J connectivity index is 0.000000364. The van der Waals surface area contributed by atoms with Crippen molar-refractivity contribution in [2.45, 2.75) is 13.8 Å². The Morgan fingerprint density at radius 1 is 0.667 bits per heavy atom. The maximum Gasteiger partial charge on any atom is 2.00 e. The summed E-state index contributed by atoms with van der Waals surface area (Å²) in [6, 6.07) is 13.1. The van der Waals surface area contributed by atoms with Crippen molar-refractivity contribution in [3.8, 4) is 0 Å². The van der Waals surface area contributed by atoms with E-state index < -0.39 is 11.9 Å². The number of rotatable bonds is 2. The summed E-state index contributed by atoms with van der Waals surface area (Å²) in [6.07, 6.45) is 0. The zero-order chi connectivity index (χ0) is 15.1. The zero-order valence-corrected chi connectivity index (χ0v) is 17.5. The first-order chi connectivity index (χ1) is 9.40. The molecular weight excluding hydrogens is 457 g/mol. The van der Waals surface area contributed by atoms with Crippen LogP contribution in [0.25, 0.3) is 0 Å². The molecule has 0 aromatic heterocycles. The van der Waals surface area contributed by atoms with Gasteiger partial charge in [0.05, 0.1) is 11.9 Å². The van der Waals surface area contributed by atoms with Gasteiger partial charge in [0, 0.05) is 0 Å². The number of benzene rings is 2. The number of carbonyl (C=O) groups is 2. The van der Waals surface area contributed by atoms with E-state index in [1.54, 1.807) is 24.3 Å². The summed E-state index contributed by atoms with van der Waals surface area (Å²) in [5, 5.41) is 20.4. The second-order valence-electron chi connectivity index (χ2n) is 4.31. The van der Waals surface area contributed by atoms with Crippen LogP contribution in [0, 0.1) is 13.8 Å². The van der Waals surface area contributed by atoms with Crippen LogP contribution in [-0.4, -0.2) is 11.9 Å². The van der Waals surface area contributed by atoms with E-state index in [-0.39, 0.29) is 38.8 Å². The largest absolute Gasteiger partial charge is 2.00 e. The molecule has 2 aromatic rings. The Labute approximate surface area is 143 Å². The monoisotopic (exact) mass is 472 g/mol. The third kappa shape index (κ3) is 7.04. The Morgan fingerprint density at radius 2 is 0.905 bits per heavy atom. The second-order valence-corrected chi connectivity index (χ2v) is 4.31. The molecule has 0 bridgehead atoms. The molecule has 0 atom stereocenters. The molecule has 0 radical (unpaired) electrons. The molecule has 0 aliphatic carbocycles. The van der Waals surface area contributed by atoms with Crippen molar-refractivity contribution in [3.05, 3.63) is 70.8 Å². The standard InChI is InChI=1S/2C8H8O2.Hg/c2*1-6-2-4-7(5-3-6)8(9)10;/h2*2-5H,1H3,(H,9,10);/q;;+2/p-2. The third-order valence-electron chi connectivity index (χ3n) is 2.57. The van der Waals surface area contributed by atoms with Crippen LogP contribution in [-0.2, 0) is 27.7 Å². The van der Waals surface area contributed by atoms with E-state index in [0.717, 1.165) is 11.1 Å². The van der Waals surface area contributed by atoms with Gasteiger partial charge in [0.1, 0.15) is 0 Å². The van der Waals surface area contributed by atoms with Crippen molar-refractivity contribution >= 4 is 11.9 Å². The summed E-state index contributed by atoms with van der Waals surface area (Å²) in [5.41, 5.74) is 2.55. The maximum absolute atomic E-state index is 10.2. The minimum atomic E-state index is -1.12. The third-order valence-corrected chi connectivity index (χ3v) is 2.57. The number of carboxylic acid groups (broad SMARTS) is 2. The van der Waals surface area contributed by atoms with Gasteiger partial charge in [-0.05, 0) is 25.0 Å². The predicted molar refractivity (Wildman–Crippen MR) is 71.0 cm³/mol. The van der Waals surface area contributed by atoms with Gasteiger partial charge >= 0.3 is 27.7 Å². The molecule has 0 saturated carbocycles. The van der Waals surface area contributed by atoms with Gasteiger partial charge in [-0.1, -0.05) is 59.7 Å². The molecule has 2 aromatic carbocycles. The first kappa shape index (κ1) is 19.3. The average Bonchev–Trinajstić information content (AvgIpc) is 2.40. The van der Waals surface area contributed by atoms with E-state index >= 15 is 0 Å². The van der Waals surface area contributed by atoms with Gasteiger partial charge in [0.15, 0.2) is 0 Å². The quantitative estimate of drug-likeness (QED) is 0.606. The molecule has 0 aliphatic heterocycles. The summed E-state index contributed by atoms with van der Waals surface area (Å²) >= 11 is 0. The normalized spacial score (nSPS) is 8.86. The molecule has 0 N–H and O–H groups in total. The minimum Gasteiger partial charge on any atom is -0.545 e. The van der Waals surface area contributed by atoms with Crippen LogP contribution < -0.4 is 10.2 Å². The van der Waals surface area contributed by atoms with E-state index in [1.807, 2.05) is 13.8 Å². The van der Waals surface area contributed by atoms with E-state index in [1.165, 1.54) is 24.3 Å². The fraction of sp³-hybridized carbons (Fsp3) is 0.125. The first-order valence-electron chi connectivity index (χ1n) is 5.96. The van der Waals surface area contributed by atoms with Crippen LogP contribution in [0.5, 0.6) is 0 Å². The Bertz CT molecular complexity index is 533. The molecule has 0 heterocycles. The number of carbonyl (C=O) groups excluding carboxylic acids is 2. The van der Waals surface area contributed by atoms with Crippen LogP contribution >= 0.6 is 0 Å². The van der Waals surface area contributed by atoms with Gasteiger partial charge in [-0.25, -0.2) is 0 Å². The molecular formula is C16H14HgO4. The van der Waals surface area contributed by atoms with E-state index in [9.17, 15) is 19.8 Å². The minimum absolute atomic E-state index is 0. The van der Waals surface area contributed by atoms with Gasteiger partial charge < -0.3 is 19.8 Å². The molecule has 0 fully saturated rings. The van der Waals surface area contributed by atoms with Crippen molar-refractivity contribution in [1.82, 2.24) is 0 Å². The smallest absolute Gasteiger partial charge is 0.545 e. The second kappa shape index (κ2) is 9.29. The van der Waals surface area contributed by atoms with Crippen molar-refractivity contribution in [2.75, 3.05) is 0 Å².